The first-order valence-electron chi connectivity index (χ1n) is 5.61. The Kier molecular flexibility index (Phi) is 2.93. The van der Waals surface area contributed by atoms with Crippen molar-refractivity contribution >= 4 is 5.78 Å². The molecule has 0 saturated carbocycles. The van der Waals surface area contributed by atoms with Gasteiger partial charge >= 0.3 is 0 Å². The molecule has 0 amide bonds. The van der Waals surface area contributed by atoms with Gasteiger partial charge in [0.25, 0.3) is 0 Å². The molecule has 4 heteroatoms. The zero-order chi connectivity index (χ0) is 12.6. The van der Waals surface area contributed by atoms with E-state index in [-0.39, 0.29) is 13.0 Å². The molecule has 4 nitrogen and oxygen atoms in total. The molecule has 2 rings (SSSR count). The van der Waals surface area contributed by atoms with E-state index in [9.17, 15) is 15.0 Å². The highest BCUT2D eigenvalue weighted by Crippen LogP contribution is 2.34. The summed E-state index contributed by atoms with van der Waals surface area (Å²) >= 11 is 0. The lowest BCUT2D eigenvalue weighted by Gasteiger charge is -2.35. The van der Waals surface area contributed by atoms with E-state index < -0.39 is 17.5 Å². The van der Waals surface area contributed by atoms with Gasteiger partial charge in [0.05, 0.1) is 6.10 Å². The van der Waals surface area contributed by atoms with Crippen molar-refractivity contribution in [3.8, 4) is 0 Å². The number of aliphatic hydroxyl groups is 2. The predicted molar refractivity (Wildman–Crippen MR) is 62.1 cm³/mol. The molecule has 2 atom stereocenters. The van der Waals surface area contributed by atoms with Crippen molar-refractivity contribution in [3.05, 3.63) is 35.1 Å². The topological polar surface area (TPSA) is 66.8 Å². The Hall–Kier alpha value is -1.39. The summed E-state index contributed by atoms with van der Waals surface area (Å²) in [6, 6.07) is 0. The molecule has 0 radical (unpaired) electrons. The maximum absolute atomic E-state index is 12.0. The van der Waals surface area contributed by atoms with Gasteiger partial charge in [0, 0.05) is 12.0 Å². The molecule has 1 heterocycles. The molecule has 2 unspecified atom stereocenters. The lowest BCUT2D eigenvalue weighted by atomic mass is 9.77. The molecule has 0 aromatic heterocycles. The molecular formula is C13H16O4. The number of hydrogen-bond acceptors (Lipinski definition) is 4. The van der Waals surface area contributed by atoms with Crippen LogP contribution in [0, 0.1) is 0 Å². The fraction of sp³-hybridized carbons (Fsp3) is 0.462. The second-order valence-corrected chi connectivity index (χ2v) is 4.54. The molecule has 1 aliphatic carbocycles. The van der Waals surface area contributed by atoms with Gasteiger partial charge in [-0.05, 0) is 31.6 Å². The Balaban J connectivity index is 2.39. The quantitative estimate of drug-likeness (QED) is 0.708. The molecule has 2 N–H and O–H groups in total. The summed E-state index contributed by atoms with van der Waals surface area (Å²) < 4.78 is 5.39. The van der Waals surface area contributed by atoms with Crippen molar-refractivity contribution < 1.29 is 19.7 Å². The summed E-state index contributed by atoms with van der Waals surface area (Å²) in [5.74, 6) is 0.231. The van der Waals surface area contributed by atoms with Gasteiger partial charge < -0.3 is 14.9 Å². The summed E-state index contributed by atoms with van der Waals surface area (Å²) in [6.45, 7) is 3.38. The van der Waals surface area contributed by atoms with E-state index in [1.54, 1.807) is 12.2 Å². The Morgan fingerprint density at radius 3 is 2.94 bits per heavy atom. The molecule has 2 aliphatic rings. The van der Waals surface area contributed by atoms with Gasteiger partial charge in [0.2, 0.25) is 0 Å². The van der Waals surface area contributed by atoms with Crippen LogP contribution in [0.3, 0.4) is 0 Å². The Morgan fingerprint density at radius 1 is 1.59 bits per heavy atom. The molecule has 0 aromatic carbocycles. The fourth-order valence-electron chi connectivity index (χ4n) is 2.07. The van der Waals surface area contributed by atoms with Crippen molar-refractivity contribution in [2.24, 2.45) is 0 Å². The Bertz CT molecular complexity index is 440. The first-order chi connectivity index (χ1) is 7.96. The monoisotopic (exact) mass is 236 g/mol. The maximum Gasteiger partial charge on any atom is 0.196 e. The van der Waals surface area contributed by atoms with Crippen LogP contribution in [0.25, 0.3) is 0 Å². The highest BCUT2D eigenvalue weighted by Gasteiger charge is 2.45. The van der Waals surface area contributed by atoms with Gasteiger partial charge in [0.15, 0.2) is 11.4 Å². The largest absolute Gasteiger partial charge is 0.489 e. The van der Waals surface area contributed by atoms with E-state index in [0.29, 0.717) is 11.3 Å². The second-order valence-electron chi connectivity index (χ2n) is 4.54. The summed E-state index contributed by atoms with van der Waals surface area (Å²) in [5.41, 5.74) is -0.476. The SMILES string of the molecule is CC=CC1=CC2=C(CO1)C(=O)C(C)(O)C(O)C2. The summed E-state index contributed by atoms with van der Waals surface area (Å²) in [4.78, 5) is 12.0. The molecule has 1 aliphatic heterocycles. The van der Waals surface area contributed by atoms with Crippen molar-refractivity contribution in [2.75, 3.05) is 6.61 Å². The van der Waals surface area contributed by atoms with E-state index in [1.807, 2.05) is 13.0 Å². The Morgan fingerprint density at radius 2 is 2.29 bits per heavy atom. The zero-order valence-corrected chi connectivity index (χ0v) is 9.93. The first-order valence-corrected chi connectivity index (χ1v) is 5.61. The number of Topliss-reactive ketones (excluding diaryl/α,β-unsaturated/α-hetero) is 1. The number of allylic oxidation sites excluding steroid dienone is 3. The predicted octanol–water partition coefficient (Wildman–Crippen LogP) is 0.858. The van der Waals surface area contributed by atoms with Crippen molar-refractivity contribution in [1.82, 2.24) is 0 Å². The molecule has 0 aromatic rings. The van der Waals surface area contributed by atoms with Crippen LogP contribution in [0.15, 0.2) is 35.1 Å². The number of carbonyl (C=O) groups excluding carboxylic acids is 1. The minimum Gasteiger partial charge on any atom is -0.489 e. The number of carbonyl (C=O) groups is 1. The first kappa shape index (κ1) is 12.1. The molecule has 92 valence electrons. The van der Waals surface area contributed by atoms with Gasteiger partial charge in [-0.3, -0.25) is 4.79 Å². The molecule has 0 saturated heterocycles. The standard InChI is InChI=1S/C13H16O4/c1-3-4-9-5-8-6-11(14)13(2,16)12(15)10(8)7-17-9/h3-5,11,14,16H,6-7H2,1-2H3. The van der Waals surface area contributed by atoms with Gasteiger partial charge in [-0.25, -0.2) is 0 Å². The van der Waals surface area contributed by atoms with Gasteiger partial charge in [-0.15, -0.1) is 0 Å². The molecule has 0 bridgehead atoms. The van der Waals surface area contributed by atoms with Crippen LogP contribution in [0.4, 0.5) is 0 Å². The lowest BCUT2D eigenvalue weighted by molar-refractivity contribution is -0.145. The van der Waals surface area contributed by atoms with Crippen molar-refractivity contribution in [2.45, 2.75) is 32.0 Å². The zero-order valence-electron chi connectivity index (χ0n) is 9.93. The highest BCUT2D eigenvalue weighted by molar-refractivity contribution is 6.04. The number of aliphatic hydroxyl groups excluding tert-OH is 1. The van der Waals surface area contributed by atoms with Crippen LogP contribution in [-0.4, -0.2) is 34.3 Å². The molecule has 0 spiro atoms. The summed E-state index contributed by atoms with van der Waals surface area (Å²) in [6.07, 6.45) is 4.60. The average molecular weight is 236 g/mol. The third-order valence-electron chi connectivity index (χ3n) is 3.21. The highest BCUT2D eigenvalue weighted by atomic mass is 16.5. The van der Waals surface area contributed by atoms with E-state index in [4.69, 9.17) is 4.74 Å². The number of rotatable bonds is 1. The molecule has 17 heavy (non-hydrogen) atoms. The number of hydrogen-bond donors (Lipinski definition) is 2. The van der Waals surface area contributed by atoms with Crippen LogP contribution >= 0.6 is 0 Å². The van der Waals surface area contributed by atoms with Crippen LogP contribution < -0.4 is 0 Å². The maximum atomic E-state index is 12.0. The van der Waals surface area contributed by atoms with E-state index in [1.165, 1.54) is 6.92 Å². The van der Waals surface area contributed by atoms with Crippen LogP contribution in [0.5, 0.6) is 0 Å². The van der Waals surface area contributed by atoms with Crippen LogP contribution in [-0.2, 0) is 9.53 Å². The number of ether oxygens (including phenoxy) is 1. The van der Waals surface area contributed by atoms with Crippen LogP contribution in [0.1, 0.15) is 20.3 Å². The Labute approximate surface area is 99.9 Å². The minimum absolute atomic E-state index is 0.160. The van der Waals surface area contributed by atoms with E-state index >= 15 is 0 Å². The van der Waals surface area contributed by atoms with E-state index in [0.717, 1.165) is 5.57 Å². The van der Waals surface area contributed by atoms with Crippen molar-refractivity contribution in [3.63, 3.8) is 0 Å². The minimum atomic E-state index is -1.70. The van der Waals surface area contributed by atoms with Crippen molar-refractivity contribution in [1.29, 1.82) is 0 Å². The van der Waals surface area contributed by atoms with Gasteiger partial charge in [-0.1, -0.05) is 6.08 Å². The molecular weight excluding hydrogens is 220 g/mol. The summed E-state index contributed by atoms with van der Waals surface area (Å²) in [7, 11) is 0. The lowest BCUT2D eigenvalue weighted by Crippen LogP contribution is -2.51. The van der Waals surface area contributed by atoms with E-state index in [2.05, 4.69) is 0 Å². The molecule has 0 fully saturated rings. The summed E-state index contributed by atoms with van der Waals surface area (Å²) in [5, 5.41) is 19.7. The third kappa shape index (κ3) is 1.94. The second kappa shape index (κ2) is 4.13. The van der Waals surface area contributed by atoms with Gasteiger partial charge in [0.1, 0.15) is 12.4 Å². The normalized spacial score (nSPS) is 33.5. The van der Waals surface area contributed by atoms with Crippen LogP contribution in [0.2, 0.25) is 0 Å². The fourth-order valence-corrected chi connectivity index (χ4v) is 2.07. The third-order valence-corrected chi connectivity index (χ3v) is 3.21. The smallest absolute Gasteiger partial charge is 0.196 e. The number of ketones is 1. The average Bonchev–Trinajstić information content (AvgIpc) is 2.27. The van der Waals surface area contributed by atoms with Gasteiger partial charge in [-0.2, -0.15) is 0 Å².